The number of Topliss-reactive ketones (excluding diaryl/α,β-unsaturated/α-hetero) is 3. The molecular formula is C28H34N2O5. The second kappa shape index (κ2) is 13.9. The maximum absolute atomic E-state index is 12.2. The van der Waals surface area contributed by atoms with E-state index < -0.39 is 0 Å². The van der Waals surface area contributed by atoms with E-state index in [-0.39, 0.29) is 29.2 Å². The van der Waals surface area contributed by atoms with Crippen molar-refractivity contribution in [3.05, 3.63) is 64.7 Å². The summed E-state index contributed by atoms with van der Waals surface area (Å²) in [7, 11) is 0. The predicted molar refractivity (Wildman–Crippen MR) is 136 cm³/mol. The second-order valence-corrected chi connectivity index (χ2v) is 8.72. The predicted octanol–water partition coefficient (Wildman–Crippen LogP) is 5.39. The number of benzene rings is 2. The van der Waals surface area contributed by atoms with Crippen LogP contribution in [0.4, 0.5) is 5.69 Å². The molecule has 0 radical (unpaired) electrons. The number of rotatable bonds is 14. The molecule has 0 unspecified atom stereocenters. The Hall–Kier alpha value is -3.61. The van der Waals surface area contributed by atoms with E-state index in [1.165, 1.54) is 20.8 Å². The fourth-order valence-corrected chi connectivity index (χ4v) is 3.61. The van der Waals surface area contributed by atoms with Crippen molar-refractivity contribution in [2.24, 2.45) is 0 Å². The number of carbonyl (C=O) groups is 5. The highest BCUT2D eigenvalue weighted by Crippen LogP contribution is 2.17. The van der Waals surface area contributed by atoms with E-state index in [1.807, 2.05) is 0 Å². The summed E-state index contributed by atoms with van der Waals surface area (Å²) in [6.45, 7) is 4.94. The third-order valence-electron chi connectivity index (χ3n) is 5.70. The van der Waals surface area contributed by atoms with Crippen molar-refractivity contribution in [3.63, 3.8) is 0 Å². The average molecular weight is 479 g/mol. The summed E-state index contributed by atoms with van der Waals surface area (Å²) in [5, 5.41) is 5.67. The molecule has 0 fully saturated rings. The van der Waals surface area contributed by atoms with Crippen LogP contribution in [0.15, 0.2) is 42.5 Å². The lowest BCUT2D eigenvalue weighted by molar-refractivity contribution is -0.116. The van der Waals surface area contributed by atoms with Crippen molar-refractivity contribution in [1.82, 2.24) is 5.32 Å². The molecule has 0 spiro atoms. The first-order chi connectivity index (χ1) is 16.7. The molecule has 0 atom stereocenters. The highest BCUT2D eigenvalue weighted by atomic mass is 16.2. The minimum absolute atomic E-state index is 0.0275. The minimum atomic E-state index is -0.161. The first-order valence-corrected chi connectivity index (χ1v) is 12.0. The van der Waals surface area contributed by atoms with Crippen LogP contribution in [0.1, 0.15) is 107 Å². The van der Waals surface area contributed by atoms with Gasteiger partial charge in [0.05, 0.1) is 0 Å². The second-order valence-electron chi connectivity index (χ2n) is 8.72. The first-order valence-electron chi connectivity index (χ1n) is 12.0. The zero-order chi connectivity index (χ0) is 25.8. The van der Waals surface area contributed by atoms with Crippen LogP contribution in [0, 0.1) is 0 Å². The molecule has 0 aliphatic carbocycles. The number of unbranched alkanes of at least 4 members (excludes halogenated alkanes) is 5. The number of anilines is 1. The minimum Gasteiger partial charge on any atom is -0.352 e. The van der Waals surface area contributed by atoms with E-state index in [4.69, 9.17) is 0 Å². The van der Waals surface area contributed by atoms with Gasteiger partial charge in [-0.25, -0.2) is 0 Å². The van der Waals surface area contributed by atoms with Gasteiger partial charge in [-0.3, -0.25) is 24.0 Å². The van der Waals surface area contributed by atoms with Crippen LogP contribution >= 0.6 is 0 Å². The van der Waals surface area contributed by atoms with Crippen LogP contribution in [-0.4, -0.2) is 35.7 Å². The van der Waals surface area contributed by atoms with Gasteiger partial charge in [0.25, 0.3) is 5.91 Å². The molecule has 7 nitrogen and oxygen atoms in total. The van der Waals surface area contributed by atoms with Crippen molar-refractivity contribution < 1.29 is 24.0 Å². The topological polar surface area (TPSA) is 109 Å². The molecule has 0 aliphatic heterocycles. The number of ketones is 3. The summed E-state index contributed by atoms with van der Waals surface area (Å²) in [5.74, 6) is -0.632. The van der Waals surface area contributed by atoms with E-state index >= 15 is 0 Å². The Morgan fingerprint density at radius 1 is 0.600 bits per heavy atom. The van der Waals surface area contributed by atoms with E-state index in [1.54, 1.807) is 42.5 Å². The zero-order valence-corrected chi connectivity index (χ0v) is 20.7. The van der Waals surface area contributed by atoms with Crippen molar-refractivity contribution in [1.29, 1.82) is 0 Å². The van der Waals surface area contributed by atoms with Gasteiger partial charge in [-0.2, -0.15) is 0 Å². The monoisotopic (exact) mass is 478 g/mol. The lowest BCUT2D eigenvalue weighted by atomic mass is 10.0. The molecule has 0 aromatic heterocycles. The van der Waals surface area contributed by atoms with Gasteiger partial charge in [0, 0.05) is 40.9 Å². The van der Waals surface area contributed by atoms with Crippen LogP contribution in [0.5, 0.6) is 0 Å². The molecule has 0 heterocycles. The number of hydrogen-bond donors (Lipinski definition) is 2. The van der Waals surface area contributed by atoms with Crippen LogP contribution < -0.4 is 10.6 Å². The largest absolute Gasteiger partial charge is 0.352 e. The van der Waals surface area contributed by atoms with Crippen molar-refractivity contribution in [2.45, 2.75) is 65.7 Å². The van der Waals surface area contributed by atoms with Crippen LogP contribution in [-0.2, 0) is 4.79 Å². The summed E-state index contributed by atoms with van der Waals surface area (Å²) in [5.41, 5.74) is 2.39. The zero-order valence-electron chi connectivity index (χ0n) is 20.7. The molecule has 186 valence electrons. The molecule has 2 N–H and O–H groups in total. The lowest BCUT2D eigenvalue weighted by Gasteiger charge is -2.09. The molecule has 2 aromatic rings. The van der Waals surface area contributed by atoms with Gasteiger partial charge < -0.3 is 10.6 Å². The van der Waals surface area contributed by atoms with E-state index in [2.05, 4.69) is 10.6 Å². The van der Waals surface area contributed by atoms with Gasteiger partial charge in [-0.15, -0.1) is 0 Å². The van der Waals surface area contributed by atoms with Gasteiger partial charge in [-0.1, -0.05) is 37.8 Å². The van der Waals surface area contributed by atoms with Crippen LogP contribution in [0.2, 0.25) is 0 Å². The molecule has 7 heteroatoms. The Bertz CT molecular complexity index is 1040. The molecule has 2 amide bonds. The molecular weight excluding hydrogens is 444 g/mol. The quantitative estimate of drug-likeness (QED) is 0.279. The van der Waals surface area contributed by atoms with Gasteiger partial charge >= 0.3 is 0 Å². The Labute approximate surface area is 206 Å². The van der Waals surface area contributed by atoms with Crippen LogP contribution in [0.25, 0.3) is 0 Å². The Morgan fingerprint density at radius 2 is 1.09 bits per heavy atom. The van der Waals surface area contributed by atoms with Crippen molar-refractivity contribution >= 4 is 34.9 Å². The third-order valence-corrected chi connectivity index (χ3v) is 5.70. The standard InChI is InChI=1S/C28H34N2O5/c1-19(31)22-11-13-23(14-12-22)28(35)29-15-9-7-5-4-6-8-10-27(34)30-26-17-24(20(2)32)16-25(18-26)21(3)33/h11-14,16-18H,4-10,15H2,1-3H3,(H,29,35)(H,30,34). The van der Waals surface area contributed by atoms with Crippen LogP contribution in [0.3, 0.4) is 0 Å². The van der Waals surface area contributed by atoms with Crippen molar-refractivity contribution in [2.75, 3.05) is 11.9 Å². The van der Waals surface area contributed by atoms with Gasteiger partial charge in [0.2, 0.25) is 5.91 Å². The van der Waals surface area contributed by atoms with E-state index in [9.17, 15) is 24.0 Å². The summed E-state index contributed by atoms with van der Waals surface area (Å²) >= 11 is 0. The SMILES string of the molecule is CC(=O)c1ccc(C(=O)NCCCCCCCCC(=O)Nc2cc(C(C)=O)cc(C(C)=O)c2)cc1. The molecule has 35 heavy (non-hydrogen) atoms. The maximum Gasteiger partial charge on any atom is 0.251 e. The fraction of sp³-hybridized carbons (Fsp3) is 0.393. The highest BCUT2D eigenvalue weighted by molar-refractivity contribution is 6.02. The summed E-state index contributed by atoms with van der Waals surface area (Å²) < 4.78 is 0. The normalized spacial score (nSPS) is 10.5. The summed E-state index contributed by atoms with van der Waals surface area (Å²) in [6.07, 6.45) is 5.94. The molecule has 2 rings (SSSR count). The van der Waals surface area contributed by atoms with Gasteiger partial charge in [-0.05, 0) is 63.9 Å². The third kappa shape index (κ3) is 9.65. The van der Waals surface area contributed by atoms with Gasteiger partial charge in [0.1, 0.15) is 0 Å². The Morgan fingerprint density at radius 3 is 1.63 bits per heavy atom. The number of amides is 2. The maximum atomic E-state index is 12.2. The van der Waals surface area contributed by atoms with E-state index in [0.29, 0.717) is 40.9 Å². The smallest absolute Gasteiger partial charge is 0.251 e. The molecule has 0 saturated heterocycles. The number of carbonyl (C=O) groups excluding carboxylic acids is 5. The number of hydrogen-bond acceptors (Lipinski definition) is 5. The molecule has 0 aliphatic rings. The summed E-state index contributed by atoms with van der Waals surface area (Å²) in [4.78, 5) is 59.0. The van der Waals surface area contributed by atoms with Crippen molar-refractivity contribution in [3.8, 4) is 0 Å². The number of nitrogens with one attached hydrogen (secondary N) is 2. The summed E-state index contributed by atoms with van der Waals surface area (Å²) in [6, 6.07) is 11.3. The molecule has 0 bridgehead atoms. The Balaban J connectivity index is 1.59. The van der Waals surface area contributed by atoms with Gasteiger partial charge in [0.15, 0.2) is 17.3 Å². The highest BCUT2D eigenvalue weighted by Gasteiger charge is 2.10. The lowest BCUT2D eigenvalue weighted by Crippen LogP contribution is -2.24. The van der Waals surface area contributed by atoms with E-state index in [0.717, 1.165) is 38.5 Å². The fourth-order valence-electron chi connectivity index (χ4n) is 3.61. The first kappa shape index (κ1) is 27.6. The molecule has 0 saturated carbocycles. The average Bonchev–Trinajstić information content (AvgIpc) is 2.82. The molecule has 2 aromatic carbocycles. The Kier molecular flexibility index (Phi) is 11.0.